The number of hydrogen-bond donors (Lipinski definition) is 1. The summed E-state index contributed by atoms with van der Waals surface area (Å²) in [7, 11) is -2.94. The standard InChI is InChI=1S/C13H20ClNO2S/c1-10(15-11(2)9-18(3,16)17)8-12-6-4-5-7-13(12)14/h4-7,10-11,15H,8-9H2,1-3H3. The van der Waals surface area contributed by atoms with Crippen LogP contribution in [0.3, 0.4) is 0 Å². The normalized spacial score (nSPS) is 15.3. The van der Waals surface area contributed by atoms with E-state index in [1.807, 2.05) is 38.1 Å². The Balaban J connectivity index is 2.52. The van der Waals surface area contributed by atoms with Crippen LogP contribution in [0.5, 0.6) is 0 Å². The minimum Gasteiger partial charge on any atom is -0.310 e. The summed E-state index contributed by atoms with van der Waals surface area (Å²) in [5.74, 6) is 0.153. The maximum atomic E-state index is 11.2. The Kier molecular flexibility index (Phi) is 5.63. The van der Waals surface area contributed by atoms with E-state index in [4.69, 9.17) is 11.6 Å². The summed E-state index contributed by atoms with van der Waals surface area (Å²) in [6.45, 7) is 3.91. The fourth-order valence-electron chi connectivity index (χ4n) is 2.04. The van der Waals surface area contributed by atoms with E-state index < -0.39 is 9.84 Å². The van der Waals surface area contributed by atoms with Gasteiger partial charge in [-0.15, -0.1) is 0 Å². The molecule has 2 unspecified atom stereocenters. The van der Waals surface area contributed by atoms with Crippen molar-refractivity contribution in [1.29, 1.82) is 0 Å². The number of halogens is 1. The second-order valence-corrected chi connectivity index (χ2v) is 7.45. The van der Waals surface area contributed by atoms with Gasteiger partial charge >= 0.3 is 0 Å². The highest BCUT2D eigenvalue weighted by Gasteiger charge is 2.13. The molecular weight excluding hydrogens is 270 g/mol. The van der Waals surface area contributed by atoms with E-state index in [-0.39, 0.29) is 17.8 Å². The zero-order valence-corrected chi connectivity index (χ0v) is 12.6. The molecule has 0 aliphatic heterocycles. The number of sulfone groups is 1. The van der Waals surface area contributed by atoms with Crippen molar-refractivity contribution in [2.24, 2.45) is 0 Å². The molecule has 2 atom stereocenters. The average molecular weight is 290 g/mol. The molecule has 1 N–H and O–H groups in total. The molecule has 0 saturated carbocycles. The lowest BCUT2D eigenvalue weighted by atomic mass is 10.1. The summed E-state index contributed by atoms with van der Waals surface area (Å²) >= 11 is 6.09. The molecule has 0 aromatic heterocycles. The van der Waals surface area contributed by atoms with Gasteiger partial charge < -0.3 is 5.32 Å². The van der Waals surface area contributed by atoms with Gasteiger partial charge in [0.2, 0.25) is 0 Å². The van der Waals surface area contributed by atoms with E-state index in [2.05, 4.69) is 5.32 Å². The van der Waals surface area contributed by atoms with Crippen molar-refractivity contribution < 1.29 is 8.42 Å². The van der Waals surface area contributed by atoms with E-state index in [0.717, 1.165) is 17.0 Å². The third-order valence-electron chi connectivity index (χ3n) is 2.61. The summed E-state index contributed by atoms with van der Waals surface area (Å²) in [6.07, 6.45) is 2.04. The van der Waals surface area contributed by atoms with Crippen LogP contribution < -0.4 is 5.32 Å². The third-order valence-corrected chi connectivity index (χ3v) is 4.08. The summed E-state index contributed by atoms with van der Waals surface area (Å²) < 4.78 is 22.3. The summed E-state index contributed by atoms with van der Waals surface area (Å²) in [5.41, 5.74) is 1.07. The lowest BCUT2D eigenvalue weighted by Crippen LogP contribution is -2.39. The molecule has 1 rings (SSSR count). The monoisotopic (exact) mass is 289 g/mol. The highest BCUT2D eigenvalue weighted by atomic mass is 35.5. The van der Waals surface area contributed by atoms with Crippen molar-refractivity contribution >= 4 is 21.4 Å². The lowest BCUT2D eigenvalue weighted by molar-refractivity contribution is 0.484. The third kappa shape index (κ3) is 5.85. The van der Waals surface area contributed by atoms with Crippen LogP contribution in [-0.2, 0) is 16.3 Å². The molecule has 0 radical (unpaired) electrons. The Morgan fingerprint density at radius 2 is 1.83 bits per heavy atom. The zero-order valence-electron chi connectivity index (χ0n) is 11.0. The van der Waals surface area contributed by atoms with E-state index in [1.54, 1.807) is 0 Å². The first-order valence-corrected chi connectivity index (χ1v) is 8.39. The van der Waals surface area contributed by atoms with Crippen molar-refractivity contribution in [2.75, 3.05) is 12.0 Å². The molecule has 0 bridgehead atoms. The number of nitrogens with one attached hydrogen (secondary N) is 1. The second-order valence-electron chi connectivity index (χ2n) is 4.86. The minimum atomic E-state index is -2.94. The smallest absolute Gasteiger partial charge is 0.148 e. The van der Waals surface area contributed by atoms with Gasteiger partial charge in [0.05, 0.1) is 5.75 Å². The molecule has 3 nitrogen and oxygen atoms in total. The molecule has 1 aromatic carbocycles. The van der Waals surface area contributed by atoms with Crippen molar-refractivity contribution in [2.45, 2.75) is 32.4 Å². The van der Waals surface area contributed by atoms with Gasteiger partial charge in [0.15, 0.2) is 0 Å². The largest absolute Gasteiger partial charge is 0.310 e. The second kappa shape index (κ2) is 6.55. The van der Waals surface area contributed by atoms with Gasteiger partial charge in [-0.3, -0.25) is 0 Å². The molecule has 18 heavy (non-hydrogen) atoms. The van der Waals surface area contributed by atoms with Crippen LogP contribution in [0.25, 0.3) is 0 Å². The van der Waals surface area contributed by atoms with E-state index in [0.29, 0.717) is 0 Å². The summed E-state index contributed by atoms with van der Waals surface area (Å²) in [6, 6.07) is 7.83. The first-order chi connectivity index (χ1) is 8.28. The highest BCUT2D eigenvalue weighted by Crippen LogP contribution is 2.16. The number of rotatable bonds is 6. The molecule has 0 aliphatic rings. The molecule has 0 saturated heterocycles. The molecule has 0 aliphatic carbocycles. The Hall–Kier alpha value is -0.580. The van der Waals surface area contributed by atoms with Gasteiger partial charge in [0, 0.05) is 23.4 Å². The fraction of sp³-hybridized carbons (Fsp3) is 0.538. The maximum absolute atomic E-state index is 11.2. The first kappa shape index (κ1) is 15.5. The van der Waals surface area contributed by atoms with E-state index in [1.165, 1.54) is 6.26 Å². The summed E-state index contributed by atoms with van der Waals surface area (Å²) in [4.78, 5) is 0. The van der Waals surface area contributed by atoms with E-state index in [9.17, 15) is 8.42 Å². The van der Waals surface area contributed by atoms with Crippen molar-refractivity contribution in [3.05, 3.63) is 34.9 Å². The van der Waals surface area contributed by atoms with Crippen LogP contribution in [0.1, 0.15) is 19.4 Å². The fourth-order valence-corrected chi connectivity index (χ4v) is 3.26. The molecule has 0 fully saturated rings. The van der Waals surface area contributed by atoms with Gasteiger partial charge in [-0.1, -0.05) is 29.8 Å². The first-order valence-electron chi connectivity index (χ1n) is 5.95. The van der Waals surface area contributed by atoms with Gasteiger partial charge in [-0.2, -0.15) is 0 Å². The lowest BCUT2D eigenvalue weighted by Gasteiger charge is -2.19. The van der Waals surface area contributed by atoms with Gasteiger partial charge in [-0.05, 0) is 31.9 Å². The molecule has 102 valence electrons. The van der Waals surface area contributed by atoms with Crippen LogP contribution in [0, 0.1) is 0 Å². The predicted octanol–water partition coefficient (Wildman–Crippen LogP) is 2.29. The Morgan fingerprint density at radius 1 is 1.22 bits per heavy atom. The SMILES string of the molecule is CC(Cc1ccccc1Cl)NC(C)CS(C)(=O)=O. The Morgan fingerprint density at radius 3 is 2.39 bits per heavy atom. The van der Waals surface area contributed by atoms with Crippen LogP contribution in [0.4, 0.5) is 0 Å². The van der Waals surface area contributed by atoms with Crippen LogP contribution in [0.2, 0.25) is 5.02 Å². The predicted molar refractivity (Wildman–Crippen MR) is 76.9 cm³/mol. The molecule has 1 aromatic rings. The Labute approximate surface area is 114 Å². The van der Waals surface area contributed by atoms with E-state index >= 15 is 0 Å². The number of hydrogen-bond acceptors (Lipinski definition) is 3. The van der Waals surface area contributed by atoms with Gasteiger partial charge in [-0.25, -0.2) is 8.42 Å². The number of benzene rings is 1. The van der Waals surface area contributed by atoms with Crippen LogP contribution in [0.15, 0.2) is 24.3 Å². The molecule has 5 heteroatoms. The molecule has 0 amide bonds. The molecule has 0 spiro atoms. The zero-order chi connectivity index (χ0) is 13.8. The highest BCUT2D eigenvalue weighted by molar-refractivity contribution is 7.90. The van der Waals surface area contributed by atoms with Crippen molar-refractivity contribution in [3.8, 4) is 0 Å². The molecular formula is C13H20ClNO2S. The maximum Gasteiger partial charge on any atom is 0.148 e. The summed E-state index contributed by atoms with van der Waals surface area (Å²) in [5, 5.41) is 4.03. The molecule has 0 heterocycles. The average Bonchev–Trinajstić information content (AvgIpc) is 2.18. The minimum absolute atomic E-state index is 0.0579. The van der Waals surface area contributed by atoms with Crippen LogP contribution >= 0.6 is 11.6 Å². The van der Waals surface area contributed by atoms with Gasteiger partial charge in [0.25, 0.3) is 0 Å². The quantitative estimate of drug-likeness (QED) is 0.874. The van der Waals surface area contributed by atoms with Crippen molar-refractivity contribution in [3.63, 3.8) is 0 Å². The van der Waals surface area contributed by atoms with Crippen molar-refractivity contribution in [1.82, 2.24) is 5.32 Å². The Bertz CT molecular complexity index is 488. The van der Waals surface area contributed by atoms with Crippen LogP contribution in [-0.4, -0.2) is 32.5 Å². The van der Waals surface area contributed by atoms with Gasteiger partial charge in [0.1, 0.15) is 9.84 Å². The topological polar surface area (TPSA) is 46.2 Å².